The second kappa shape index (κ2) is 4.49. The third-order valence-corrected chi connectivity index (χ3v) is 2.24. The van der Waals surface area contributed by atoms with Crippen LogP contribution < -0.4 is 5.32 Å². The fourth-order valence-corrected chi connectivity index (χ4v) is 1.45. The Morgan fingerprint density at radius 3 is 2.88 bits per heavy atom. The number of nitrogens with zero attached hydrogens (tertiary/aromatic N) is 2. The fourth-order valence-electron chi connectivity index (χ4n) is 1.21. The topological polar surface area (TPSA) is 51.0 Å². The molecular weight excluding hydrogens is 233 g/mol. The van der Waals surface area contributed by atoms with Crippen molar-refractivity contribution in [3.8, 4) is 0 Å². The van der Waals surface area contributed by atoms with Crippen molar-refractivity contribution in [1.29, 1.82) is 0 Å². The lowest BCUT2D eigenvalue weighted by atomic mass is 10.3. The van der Waals surface area contributed by atoms with Crippen LogP contribution in [0.15, 0.2) is 22.6 Å². The number of rotatable bonds is 3. The number of aromatic nitrogens is 2. The van der Waals surface area contributed by atoms with Gasteiger partial charge in [0, 0.05) is 6.92 Å². The molecule has 1 aromatic heterocycles. The lowest BCUT2D eigenvalue weighted by Crippen LogP contribution is -2.00. The molecule has 0 amide bonds. The number of nitrogens with one attached hydrogen (secondary N) is 1. The number of anilines is 1. The van der Waals surface area contributed by atoms with E-state index < -0.39 is 0 Å². The van der Waals surface area contributed by atoms with Gasteiger partial charge in [0.1, 0.15) is 5.82 Å². The van der Waals surface area contributed by atoms with Crippen LogP contribution in [0.2, 0.25) is 5.02 Å². The van der Waals surface area contributed by atoms with Crippen LogP contribution in [0.4, 0.5) is 10.1 Å². The highest BCUT2D eigenvalue weighted by atomic mass is 35.5. The zero-order chi connectivity index (χ0) is 11.5. The summed E-state index contributed by atoms with van der Waals surface area (Å²) in [7, 11) is 0. The van der Waals surface area contributed by atoms with E-state index in [0.717, 1.165) is 0 Å². The number of halogens is 2. The van der Waals surface area contributed by atoms with Crippen LogP contribution in [-0.2, 0) is 6.54 Å². The molecule has 0 atom stereocenters. The number of hydrogen-bond donors (Lipinski definition) is 1. The Balaban J connectivity index is 2.04. The maximum absolute atomic E-state index is 12.8. The first-order chi connectivity index (χ1) is 7.65. The molecule has 1 aromatic carbocycles. The quantitative estimate of drug-likeness (QED) is 0.898. The molecule has 84 valence electrons. The van der Waals surface area contributed by atoms with Crippen molar-refractivity contribution >= 4 is 17.3 Å². The van der Waals surface area contributed by atoms with Crippen LogP contribution >= 0.6 is 11.6 Å². The molecule has 0 spiro atoms. The van der Waals surface area contributed by atoms with Gasteiger partial charge < -0.3 is 9.73 Å². The van der Waals surface area contributed by atoms with Crippen molar-refractivity contribution in [2.45, 2.75) is 13.5 Å². The average molecular weight is 242 g/mol. The summed E-state index contributed by atoms with van der Waals surface area (Å²) >= 11 is 5.83. The predicted octanol–water partition coefficient (Wildman–Crippen LogP) is 2.78. The second-order valence-corrected chi connectivity index (χ2v) is 3.60. The normalized spacial score (nSPS) is 10.4. The third-order valence-electron chi connectivity index (χ3n) is 1.93. The van der Waals surface area contributed by atoms with Gasteiger partial charge in [-0.3, -0.25) is 0 Å². The van der Waals surface area contributed by atoms with Crippen LogP contribution in [0.25, 0.3) is 0 Å². The maximum Gasteiger partial charge on any atom is 0.235 e. The minimum atomic E-state index is -0.371. The molecule has 2 aromatic rings. The third kappa shape index (κ3) is 2.49. The van der Waals surface area contributed by atoms with Crippen LogP contribution in [0.3, 0.4) is 0 Å². The molecule has 0 aliphatic rings. The molecule has 1 heterocycles. The standard InChI is InChI=1S/C10H9ClFN3O/c1-6-14-15-10(16-6)5-13-9-3-2-7(12)4-8(9)11/h2-4,13H,5H2,1H3. The van der Waals surface area contributed by atoms with Gasteiger partial charge in [0.05, 0.1) is 17.3 Å². The molecule has 6 heteroatoms. The number of benzene rings is 1. The van der Waals surface area contributed by atoms with E-state index in [-0.39, 0.29) is 5.82 Å². The van der Waals surface area contributed by atoms with Crippen molar-refractivity contribution in [3.63, 3.8) is 0 Å². The molecule has 0 aliphatic carbocycles. The summed E-state index contributed by atoms with van der Waals surface area (Å²) in [4.78, 5) is 0. The van der Waals surface area contributed by atoms with E-state index in [4.69, 9.17) is 16.0 Å². The van der Waals surface area contributed by atoms with Crippen molar-refractivity contribution in [2.24, 2.45) is 0 Å². The zero-order valence-corrected chi connectivity index (χ0v) is 9.25. The monoisotopic (exact) mass is 241 g/mol. The first-order valence-electron chi connectivity index (χ1n) is 4.63. The molecule has 2 rings (SSSR count). The Hall–Kier alpha value is -1.62. The minimum absolute atomic E-state index is 0.316. The van der Waals surface area contributed by atoms with Crippen molar-refractivity contribution < 1.29 is 8.81 Å². The Labute approximate surface area is 96.4 Å². The van der Waals surface area contributed by atoms with Gasteiger partial charge in [-0.1, -0.05) is 11.6 Å². The molecule has 0 saturated carbocycles. The molecule has 1 N–H and O–H groups in total. The Morgan fingerprint density at radius 1 is 1.44 bits per heavy atom. The highest BCUT2D eigenvalue weighted by Gasteiger charge is 2.04. The molecule has 0 aliphatic heterocycles. The van der Waals surface area contributed by atoms with E-state index >= 15 is 0 Å². The summed E-state index contributed by atoms with van der Waals surface area (Å²) in [6.07, 6.45) is 0. The largest absolute Gasteiger partial charge is 0.424 e. The van der Waals surface area contributed by atoms with Crippen molar-refractivity contribution in [2.75, 3.05) is 5.32 Å². The fraction of sp³-hybridized carbons (Fsp3) is 0.200. The van der Waals surface area contributed by atoms with Crippen LogP contribution in [0.5, 0.6) is 0 Å². The van der Waals surface area contributed by atoms with Gasteiger partial charge >= 0.3 is 0 Å². The van der Waals surface area contributed by atoms with Crippen molar-refractivity contribution in [1.82, 2.24) is 10.2 Å². The number of hydrogen-bond acceptors (Lipinski definition) is 4. The minimum Gasteiger partial charge on any atom is -0.424 e. The lowest BCUT2D eigenvalue weighted by molar-refractivity contribution is 0.475. The molecule has 0 fully saturated rings. The van der Waals surface area contributed by atoms with Crippen LogP contribution in [0.1, 0.15) is 11.8 Å². The summed E-state index contributed by atoms with van der Waals surface area (Å²) < 4.78 is 17.9. The molecular formula is C10H9ClFN3O. The highest BCUT2D eigenvalue weighted by molar-refractivity contribution is 6.33. The summed E-state index contributed by atoms with van der Waals surface area (Å²) in [6, 6.07) is 4.12. The Morgan fingerprint density at radius 2 is 2.25 bits per heavy atom. The first kappa shape index (κ1) is 10.9. The summed E-state index contributed by atoms with van der Waals surface area (Å²) in [5, 5.41) is 10.8. The van der Waals surface area contributed by atoms with Gasteiger partial charge in [0.2, 0.25) is 11.8 Å². The smallest absolute Gasteiger partial charge is 0.235 e. The predicted molar refractivity (Wildman–Crippen MR) is 57.8 cm³/mol. The SMILES string of the molecule is Cc1nnc(CNc2ccc(F)cc2Cl)o1. The van der Waals surface area contributed by atoms with Crippen LogP contribution in [0, 0.1) is 12.7 Å². The Bertz CT molecular complexity index is 501. The highest BCUT2D eigenvalue weighted by Crippen LogP contribution is 2.22. The summed E-state index contributed by atoms with van der Waals surface area (Å²) in [5.41, 5.74) is 0.624. The van der Waals surface area contributed by atoms with Gasteiger partial charge in [-0.2, -0.15) is 0 Å². The molecule has 0 bridgehead atoms. The van der Waals surface area contributed by atoms with Gasteiger partial charge in [0.25, 0.3) is 0 Å². The van der Waals surface area contributed by atoms with E-state index in [1.54, 1.807) is 13.0 Å². The Kier molecular flexibility index (Phi) is 3.05. The number of aryl methyl sites for hydroxylation is 1. The molecule has 0 radical (unpaired) electrons. The van der Waals surface area contributed by atoms with E-state index in [1.807, 2.05) is 0 Å². The zero-order valence-electron chi connectivity index (χ0n) is 8.50. The van der Waals surface area contributed by atoms with Gasteiger partial charge in [0.15, 0.2) is 0 Å². The molecule has 16 heavy (non-hydrogen) atoms. The molecule has 4 nitrogen and oxygen atoms in total. The van der Waals surface area contributed by atoms with Gasteiger partial charge in [-0.25, -0.2) is 4.39 Å². The van der Waals surface area contributed by atoms with Crippen molar-refractivity contribution in [3.05, 3.63) is 40.8 Å². The average Bonchev–Trinajstić information content (AvgIpc) is 2.63. The molecule has 0 saturated heterocycles. The van der Waals surface area contributed by atoms with E-state index in [0.29, 0.717) is 29.0 Å². The second-order valence-electron chi connectivity index (χ2n) is 3.19. The van der Waals surface area contributed by atoms with Crippen LogP contribution in [-0.4, -0.2) is 10.2 Å². The summed E-state index contributed by atoms with van der Waals surface area (Å²) in [5.74, 6) is 0.587. The van der Waals surface area contributed by atoms with E-state index in [1.165, 1.54) is 12.1 Å². The molecule has 0 unspecified atom stereocenters. The van der Waals surface area contributed by atoms with E-state index in [2.05, 4.69) is 15.5 Å². The van der Waals surface area contributed by atoms with Gasteiger partial charge in [-0.05, 0) is 18.2 Å². The lowest BCUT2D eigenvalue weighted by Gasteiger charge is -2.05. The summed E-state index contributed by atoms with van der Waals surface area (Å²) in [6.45, 7) is 2.06. The maximum atomic E-state index is 12.8. The van der Waals surface area contributed by atoms with Gasteiger partial charge in [-0.15, -0.1) is 10.2 Å². The first-order valence-corrected chi connectivity index (χ1v) is 5.01. The van der Waals surface area contributed by atoms with E-state index in [9.17, 15) is 4.39 Å².